The van der Waals surface area contributed by atoms with Gasteiger partial charge in [0.15, 0.2) is 0 Å². The van der Waals surface area contributed by atoms with Crippen LogP contribution in [0.1, 0.15) is 10.4 Å². The van der Waals surface area contributed by atoms with Crippen molar-refractivity contribution in [3.05, 3.63) is 52.3 Å². The van der Waals surface area contributed by atoms with Crippen molar-refractivity contribution in [2.45, 2.75) is 0 Å². The van der Waals surface area contributed by atoms with E-state index in [0.29, 0.717) is 5.69 Å². The molecule has 0 saturated carbocycles. The molecular formula is C13H11BrFN3O. The molecule has 0 spiro atoms. The number of benzene rings is 2. The number of nitrogens with two attached hydrogens (primary N) is 2. The van der Waals surface area contributed by atoms with Gasteiger partial charge in [-0.05, 0) is 36.4 Å². The maximum absolute atomic E-state index is 13.6. The highest BCUT2D eigenvalue weighted by molar-refractivity contribution is 9.10. The lowest BCUT2D eigenvalue weighted by atomic mass is 10.1. The Morgan fingerprint density at radius 2 is 1.95 bits per heavy atom. The van der Waals surface area contributed by atoms with Crippen LogP contribution in [0, 0.1) is 5.82 Å². The van der Waals surface area contributed by atoms with E-state index in [4.69, 9.17) is 11.5 Å². The van der Waals surface area contributed by atoms with Crippen molar-refractivity contribution in [3.8, 4) is 0 Å². The second-order valence-electron chi connectivity index (χ2n) is 3.92. The lowest BCUT2D eigenvalue weighted by molar-refractivity contribution is 0.100. The molecule has 6 heteroatoms. The molecule has 0 aliphatic heterocycles. The topological polar surface area (TPSA) is 81.1 Å². The number of primary amides is 1. The molecule has 1 amide bonds. The van der Waals surface area contributed by atoms with Crippen LogP contribution in [0.25, 0.3) is 0 Å². The van der Waals surface area contributed by atoms with Crippen LogP contribution in [0.5, 0.6) is 0 Å². The first-order valence-electron chi connectivity index (χ1n) is 5.39. The Bertz CT molecular complexity index is 646. The van der Waals surface area contributed by atoms with Crippen LogP contribution in [0.15, 0.2) is 40.9 Å². The van der Waals surface area contributed by atoms with E-state index in [-0.39, 0.29) is 16.9 Å². The summed E-state index contributed by atoms with van der Waals surface area (Å²) >= 11 is 3.26. The van der Waals surface area contributed by atoms with Crippen LogP contribution in [0.2, 0.25) is 0 Å². The van der Waals surface area contributed by atoms with Gasteiger partial charge in [0.1, 0.15) is 5.82 Å². The van der Waals surface area contributed by atoms with Crippen LogP contribution < -0.4 is 16.8 Å². The minimum Gasteiger partial charge on any atom is -0.398 e. The molecule has 98 valence electrons. The first-order valence-corrected chi connectivity index (χ1v) is 6.18. The minimum absolute atomic E-state index is 0.195. The average molecular weight is 324 g/mol. The number of nitrogen functional groups attached to an aromatic ring is 1. The molecule has 0 aliphatic carbocycles. The third-order valence-corrected chi connectivity index (χ3v) is 3.02. The summed E-state index contributed by atoms with van der Waals surface area (Å²) in [6.45, 7) is 0. The molecule has 0 radical (unpaired) electrons. The summed E-state index contributed by atoms with van der Waals surface area (Å²) in [6, 6.07) is 9.19. The monoisotopic (exact) mass is 323 g/mol. The quantitative estimate of drug-likeness (QED) is 0.759. The van der Waals surface area contributed by atoms with Crippen LogP contribution in [0.3, 0.4) is 0 Å². The fraction of sp³-hybridized carbons (Fsp3) is 0. The molecule has 19 heavy (non-hydrogen) atoms. The Morgan fingerprint density at radius 3 is 2.63 bits per heavy atom. The summed E-state index contributed by atoms with van der Waals surface area (Å²) in [6.07, 6.45) is 0. The number of nitrogens with one attached hydrogen (secondary N) is 1. The maximum Gasteiger partial charge on any atom is 0.250 e. The summed E-state index contributed by atoms with van der Waals surface area (Å²) in [5, 5.41) is 2.87. The summed E-state index contributed by atoms with van der Waals surface area (Å²) in [7, 11) is 0. The predicted octanol–water partition coefficient (Wildman–Crippen LogP) is 3.01. The average Bonchev–Trinajstić information content (AvgIpc) is 2.36. The van der Waals surface area contributed by atoms with Crippen LogP contribution in [-0.4, -0.2) is 5.91 Å². The van der Waals surface area contributed by atoms with E-state index >= 15 is 0 Å². The maximum atomic E-state index is 13.6. The fourth-order valence-corrected chi connectivity index (χ4v) is 1.96. The third kappa shape index (κ3) is 3.03. The fourth-order valence-electron chi connectivity index (χ4n) is 1.60. The Kier molecular flexibility index (Phi) is 3.71. The van der Waals surface area contributed by atoms with Gasteiger partial charge >= 0.3 is 0 Å². The van der Waals surface area contributed by atoms with Gasteiger partial charge in [0.05, 0.1) is 11.3 Å². The molecule has 0 aliphatic rings. The van der Waals surface area contributed by atoms with E-state index in [1.165, 1.54) is 18.2 Å². The molecule has 2 aromatic rings. The zero-order valence-electron chi connectivity index (χ0n) is 9.78. The highest BCUT2D eigenvalue weighted by Crippen LogP contribution is 2.25. The molecule has 0 fully saturated rings. The standard InChI is InChI=1S/C13H11BrFN3O/c14-7-1-3-10(15)12(5-7)18-8-2-4-11(16)9(6-8)13(17)19/h1-6,18H,16H2,(H2,17,19). The minimum atomic E-state index is -0.629. The number of hydrogen-bond donors (Lipinski definition) is 3. The molecule has 2 aromatic carbocycles. The van der Waals surface area contributed by atoms with E-state index in [9.17, 15) is 9.18 Å². The van der Waals surface area contributed by atoms with Crippen molar-refractivity contribution in [3.63, 3.8) is 0 Å². The molecule has 0 unspecified atom stereocenters. The first-order chi connectivity index (χ1) is 8.97. The third-order valence-electron chi connectivity index (χ3n) is 2.53. The Morgan fingerprint density at radius 1 is 1.21 bits per heavy atom. The van der Waals surface area contributed by atoms with Crippen molar-refractivity contribution in [1.82, 2.24) is 0 Å². The number of halogens is 2. The van der Waals surface area contributed by atoms with Gasteiger partial charge in [-0.2, -0.15) is 0 Å². The normalized spacial score (nSPS) is 10.2. The molecule has 0 atom stereocenters. The van der Waals surface area contributed by atoms with Crippen molar-refractivity contribution in [1.29, 1.82) is 0 Å². The van der Waals surface area contributed by atoms with Gasteiger partial charge in [-0.15, -0.1) is 0 Å². The summed E-state index contributed by atoms with van der Waals surface area (Å²) in [5.74, 6) is -1.03. The molecule has 0 aromatic heterocycles. The predicted molar refractivity (Wildman–Crippen MR) is 76.8 cm³/mol. The second-order valence-corrected chi connectivity index (χ2v) is 4.83. The van der Waals surface area contributed by atoms with Gasteiger partial charge in [-0.25, -0.2) is 4.39 Å². The molecule has 0 heterocycles. The number of carbonyl (C=O) groups is 1. The number of amides is 1. The van der Waals surface area contributed by atoms with Gasteiger partial charge in [-0.3, -0.25) is 4.79 Å². The van der Waals surface area contributed by atoms with Crippen molar-refractivity contribution >= 4 is 38.9 Å². The van der Waals surface area contributed by atoms with Gasteiger partial charge in [-0.1, -0.05) is 15.9 Å². The van der Waals surface area contributed by atoms with Crippen LogP contribution in [0.4, 0.5) is 21.5 Å². The van der Waals surface area contributed by atoms with E-state index in [1.54, 1.807) is 18.2 Å². The van der Waals surface area contributed by atoms with Crippen LogP contribution in [-0.2, 0) is 0 Å². The van der Waals surface area contributed by atoms with E-state index in [2.05, 4.69) is 21.2 Å². The van der Waals surface area contributed by atoms with E-state index < -0.39 is 11.7 Å². The van der Waals surface area contributed by atoms with Gasteiger partial charge in [0, 0.05) is 15.8 Å². The lowest BCUT2D eigenvalue weighted by Gasteiger charge is -2.10. The lowest BCUT2D eigenvalue weighted by Crippen LogP contribution is -2.13. The zero-order valence-corrected chi connectivity index (χ0v) is 11.4. The molecule has 2 rings (SSSR count). The summed E-state index contributed by atoms with van der Waals surface area (Å²) in [5.41, 5.74) is 12.1. The molecule has 5 N–H and O–H groups in total. The summed E-state index contributed by atoms with van der Waals surface area (Å²) < 4.78 is 14.3. The molecule has 0 saturated heterocycles. The van der Waals surface area contributed by atoms with Gasteiger partial charge in [0.2, 0.25) is 0 Å². The SMILES string of the molecule is NC(=O)c1cc(Nc2cc(Br)ccc2F)ccc1N. The van der Waals surface area contributed by atoms with Gasteiger partial charge < -0.3 is 16.8 Å². The van der Waals surface area contributed by atoms with E-state index in [0.717, 1.165) is 4.47 Å². The number of hydrogen-bond acceptors (Lipinski definition) is 3. The second kappa shape index (κ2) is 5.27. The number of carbonyl (C=O) groups excluding carboxylic acids is 1. The summed E-state index contributed by atoms with van der Waals surface area (Å²) in [4.78, 5) is 11.2. The van der Waals surface area contributed by atoms with E-state index in [1.807, 2.05) is 0 Å². The van der Waals surface area contributed by atoms with Crippen molar-refractivity contribution in [2.24, 2.45) is 5.73 Å². The van der Waals surface area contributed by atoms with Crippen molar-refractivity contribution < 1.29 is 9.18 Å². The molecular weight excluding hydrogens is 313 g/mol. The first kappa shape index (κ1) is 13.4. The van der Waals surface area contributed by atoms with Crippen molar-refractivity contribution in [2.75, 3.05) is 11.1 Å². The highest BCUT2D eigenvalue weighted by atomic mass is 79.9. The zero-order chi connectivity index (χ0) is 14.0. The number of rotatable bonds is 3. The number of anilines is 3. The smallest absolute Gasteiger partial charge is 0.250 e. The van der Waals surface area contributed by atoms with Gasteiger partial charge in [0.25, 0.3) is 5.91 Å². The molecule has 4 nitrogen and oxygen atoms in total. The Balaban J connectivity index is 2.36. The largest absolute Gasteiger partial charge is 0.398 e. The Labute approximate surface area is 117 Å². The van der Waals surface area contributed by atoms with Crippen LogP contribution >= 0.6 is 15.9 Å². The Hall–Kier alpha value is -2.08. The highest BCUT2D eigenvalue weighted by Gasteiger charge is 2.08. The molecule has 0 bridgehead atoms.